The number of halogens is 15. The van der Waals surface area contributed by atoms with Gasteiger partial charge in [0.15, 0.2) is 10.3 Å². The Kier molecular flexibility index (Phi) is 91.8. The standard InChI is InChI=1S/C16H26BFN2O2.C15H18FN5O2.C15H20FN5.C12H24B2O4.C10H14BrFN2.C7H4BrFO.C5H4BrN3O2.C4H12N2.C2H5I.C2H6.CI3.CHI2.CH2I.CH4O.CH3.4V/c1-15(2)16(3,4)22-17(21-15)12-9-13(18)11-14(10-12)19-7-8-20(5)6;1-20(2)6-5-18-12-8-10(7-11(16)9-12)14-15(21(22)23)13(17)3-4-19-14;1-21(2)6-5-19-12-8-10(7-11(16)9-12)15-14(18)13(17)3-4-20-15;1-9(2)10(3,4)16-13(15-9)14-17-11(5,6)12(7,8)18-14;1-14(2)4-3-13-10-6-8(11)5-9(12)7-10;8-6-1-5(4-10)2-7(9)3-6;6-5-4(9(10)11)3(7)1-2-8-5;1-6(2)4-3-5;1-2-3;1-2;2-1(3)4;2-1-3;2*1-2;;;;;/h9-11,19H,7-8H2,1-6H3;3-4,7-9,18H,5-6H2,1-2H3,(H2,17,19);3-4,7-9,19H,5-6,18H2,1-2H3,(H2,17,20);1-8H3;5-7,13H,3-4H2,1-2H3;1-4H;1-2H,(H2,7,8);3-5H2,1-2H3;2H2,1H3;1-2H3;;1H;1H2;2H,1H3;1H3;;;;/q;;;;;;;;;;3*-1;;-1;;;;. The number of hydrogen-bond donors (Lipinski definition) is 10. The Labute approximate surface area is 1030 Å². The van der Waals surface area contributed by atoms with Crippen molar-refractivity contribution in [2.24, 2.45) is 5.73 Å². The number of anilines is 8. The minimum absolute atomic E-state index is 0. The van der Waals surface area contributed by atoms with E-state index in [1.54, 1.807) is 24.4 Å². The van der Waals surface area contributed by atoms with E-state index in [4.69, 9.17) is 61.7 Å². The van der Waals surface area contributed by atoms with Gasteiger partial charge in [0.1, 0.15) is 46.7 Å². The van der Waals surface area contributed by atoms with Crippen molar-refractivity contribution in [2.75, 3.05) is 192 Å². The number of aliphatic hydroxyl groups excluding tert-OH is 1. The predicted octanol–water partition coefficient (Wildman–Crippen LogP) is 23.0. The van der Waals surface area contributed by atoms with E-state index >= 15 is 0 Å². The third-order valence-electron chi connectivity index (χ3n) is 19.8. The Hall–Kier alpha value is -1.37. The largest absolute Gasteiger partial charge is 0.495 e. The molecule has 0 saturated carbocycles. The number of pyridine rings is 3. The maximum absolute atomic E-state index is 13.9. The average Bonchev–Trinajstić information content (AvgIpc) is 1.59. The maximum Gasteiger partial charge on any atom is 0.495 e. The molecular weight excluding hydrogens is 3030 g/mol. The summed E-state index contributed by atoms with van der Waals surface area (Å²) in [5.41, 5.74) is 31.2. The molecule has 3 aromatic heterocycles. The summed E-state index contributed by atoms with van der Waals surface area (Å²) in [5.74, 6) is -1.78. The topological polar surface area (TPSA) is 412 Å². The number of aromatic nitrogens is 3. The molecule has 0 unspecified atom stereocenters. The minimum atomic E-state index is -0.609. The van der Waals surface area contributed by atoms with Crippen LogP contribution in [-0.2, 0) is 102 Å². The number of nitro groups is 2. The zero-order valence-corrected chi connectivity index (χ0v) is 113. The summed E-state index contributed by atoms with van der Waals surface area (Å²) in [4.78, 5) is 55.7. The van der Waals surface area contributed by atoms with Gasteiger partial charge in [-0.25, -0.2) is 34.4 Å². The second kappa shape index (κ2) is 83.9. The van der Waals surface area contributed by atoms with Crippen LogP contribution >= 0.6 is 206 Å². The van der Waals surface area contributed by atoms with Crippen molar-refractivity contribution in [3.63, 3.8) is 0 Å². The van der Waals surface area contributed by atoms with Crippen LogP contribution in [0, 0.1) is 64.0 Å². The van der Waals surface area contributed by atoms with Gasteiger partial charge in [-0.15, -0.1) is -0.0619 Å². The molecule has 0 atom stereocenters. The van der Waals surface area contributed by atoms with Gasteiger partial charge in [-0.3, -0.25) is 103 Å². The van der Waals surface area contributed by atoms with E-state index in [-0.39, 0.29) is 155 Å². The van der Waals surface area contributed by atoms with Crippen molar-refractivity contribution in [3.8, 4) is 22.5 Å². The van der Waals surface area contributed by atoms with E-state index in [1.807, 2.05) is 220 Å². The first-order valence-corrected chi connectivity index (χ1v) is 54.6. The number of aldehydes is 1. The predicted molar refractivity (Wildman–Crippen MR) is 653 cm³/mol. The van der Waals surface area contributed by atoms with Gasteiger partial charge in [-0.1, -0.05) is 75.2 Å². The molecule has 31 nitrogen and oxygen atoms in total. The number of nitrogens with two attached hydrogens (primary N) is 5. The van der Waals surface area contributed by atoms with Gasteiger partial charge in [0, 0.05) is 214 Å². The number of likely N-dealkylation sites (N-methyl/N-ethyl adjacent to an activating group) is 5. The zero-order valence-electron chi connectivity index (χ0n) is 87.8. The molecule has 0 aliphatic carbocycles. The summed E-state index contributed by atoms with van der Waals surface area (Å²) in [5, 5.41) is 41.1. The SMILES string of the molecule is CC.CC1(C)OB(B2OC(C)(C)C(C)(C)O2)OC1(C)C.CCI.CN(C)CCN.CN(C)CCNc1cc(F)cc(-c2nccc(N)c2N)c1.CN(C)CCNc1cc(F)cc(-c2nccc(N)c2[N+](=O)[O-])c1.CN(C)CCNc1cc(F)cc(B2OC(C)(C)C(C)(C)O2)c1.CN(C)CCNc1cc(F)cc(Br)c1.CO.I[C-](I)I.I[CH-]I.Nc1ccnc(Br)c1[N+](=O)[O-].O=Cc1cc(F)cc(Br)c1.[CH2-]I.[CH3-].[V].[V].[V].[V]. The monoisotopic (exact) mass is 3180 g/mol. The molecule has 15 N–H and O–H groups in total. The molecule has 53 heteroatoms. The van der Waals surface area contributed by atoms with Crippen LogP contribution in [0.3, 0.4) is 0 Å². The molecule has 3 aliphatic heterocycles. The summed E-state index contributed by atoms with van der Waals surface area (Å²) in [6.45, 7) is 38.3. The fourth-order valence-electron chi connectivity index (χ4n) is 11.0. The van der Waals surface area contributed by atoms with Crippen LogP contribution in [0.15, 0.2) is 141 Å². The molecule has 0 amide bonds. The van der Waals surface area contributed by atoms with Crippen molar-refractivity contribution >= 4 is 296 Å². The summed E-state index contributed by atoms with van der Waals surface area (Å²) in [7, 11) is 19.4. The second-order valence-corrected chi connectivity index (χ2v) is 51.1. The number of hydrogen-bond acceptors (Lipinski definition) is 29. The van der Waals surface area contributed by atoms with Crippen LogP contribution in [0.2, 0.25) is 0 Å². The van der Waals surface area contributed by atoms with Crippen LogP contribution < -0.4 is 55.4 Å². The van der Waals surface area contributed by atoms with Crippen LogP contribution in [-0.4, -0.2) is 263 Å². The number of carbonyl (C=O) groups excluding carboxylic acids is 1. The van der Waals surface area contributed by atoms with Gasteiger partial charge in [0.2, 0.25) is 0 Å². The Balaban J connectivity index is -0.000000247. The summed E-state index contributed by atoms with van der Waals surface area (Å²) in [6.07, 6.45) is 4.92. The molecule has 146 heavy (non-hydrogen) atoms. The number of aliphatic hydroxyl groups is 1. The Bertz CT molecular complexity index is 4830. The van der Waals surface area contributed by atoms with Crippen LogP contribution in [0.25, 0.3) is 22.5 Å². The molecule has 11 rings (SSSR count). The maximum atomic E-state index is 13.9. The molecule has 3 saturated heterocycles. The molecule has 820 valence electrons. The third kappa shape index (κ3) is 64.5. The van der Waals surface area contributed by atoms with Gasteiger partial charge >= 0.3 is 32.5 Å². The number of alkyl halides is 1. The number of benzene rings is 5. The molecule has 3 aliphatic rings. The molecular formula is C93H143B3Br3F5I7N19O12V4-4. The van der Waals surface area contributed by atoms with Crippen molar-refractivity contribution in [3.05, 3.63) is 211 Å². The van der Waals surface area contributed by atoms with Gasteiger partial charge in [0.25, 0.3) is 0 Å². The first-order chi connectivity index (χ1) is 65.6. The van der Waals surface area contributed by atoms with E-state index in [9.17, 15) is 47.0 Å². The summed E-state index contributed by atoms with van der Waals surface area (Å²) >= 11 is 24.4. The molecule has 4 radical (unpaired) electrons. The fraction of sp³-hybridized carbons (Fsp3) is 0.462. The number of nitrogen functional groups attached to an aromatic ring is 4. The van der Waals surface area contributed by atoms with Gasteiger partial charge in [0.05, 0.1) is 60.5 Å². The van der Waals surface area contributed by atoms with Crippen molar-refractivity contribution in [2.45, 2.75) is 137 Å². The third-order valence-corrected chi connectivity index (χ3v) is 21.3. The van der Waals surface area contributed by atoms with E-state index < -0.39 is 53.8 Å². The minimum Gasteiger partial charge on any atom is -0.405 e. The van der Waals surface area contributed by atoms with Gasteiger partial charge < -0.3 is 183 Å². The van der Waals surface area contributed by atoms with E-state index in [2.05, 4.69) is 246 Å². The molecule has 3 fully saturated rings. The van der Waals surface area contributed by atoms with E-state index in [0.29, 0.717) is 67.9 Å². The van der Waals surface area contributed by atoms with Crippen LogP contribution in [0.5, 0.6) is 0 Å². The van der Waals surface area contributed by atoms with Crippen molar-refractivity contribution in [1.29, 1.82) is 0 Å². The Morgan fingerprint density at radius 1 is 0.473 bits per heavy atom. The Morgan fingerprint density at radius 2 is 0.747 bits per heavy atom. The molecule has 5 aromatic carbocycles. The van der Waals surface area contributed by atoms with E-state index in [1.165, 1.54) is 89.6 Å². The summed E-state index contributed by atoms with van der Waals surface area (Å²) < 4.78 is 109. The molecule has 0 bridgehead atoms. The average molecular weight is 3180 g/mol. The summed E-state index contributed by atoms with van der Waals surface area (Å²) in [6, 6.07) is 26.8. The Morgan fingerprint density at radius 3 is 1.04 bits per heavy atom. The molecule has 8 aromatic rings. The number of nitrogens with zero attached hydrogens (tertiary/aromatic N) is 10. The normalized spacial score (nSPS) is 13.6. The second-order valence-electron chi connectivity index (χ2n) is 33.9. The van der Waals surface area contributed by atoms with Crippen LogP contribution in [0.4, 0.5) is 78.8 Å². The first kappa shape index (κ1) is 160. The molecule has 6 heterocycles. The van der Waals surface area contributed by atoms with Gasteiger partial charge in [-0.2, -0.15) is 0 Å². The van der Waals surface area contributed by atoms with Gasteiger partial charge in [-0.05, 0) is 289 Å². The zero-order chi connectivity index (χ0) is 109. The number of carbonyl (C=O) groups is 1. The first-order valence-electron chi connectivity index (χ1n) is 43.4. The van der Waals surface area contributed by atoms with E-state index in [0.717, 1.165) is 81.9 Å². The van der Waals surface area contributed by atoms with Crippen molar-refractivity contribution in [1.82, 2.24) is 39.5 Å². The fourth-order valence-corrected chi connectivity index (χ4v) is 12.4. The molecule has 0 spiro atoms. The van der Waals surface area contributed by atoms with Crippen molar-refractivity contribution < 1.29 is 144 Å². The number of rotatable bonds is 25. The number of nitrogens with one attached hydrogen (secondary N) is 4. The smallest absolute Gasteiger partial charge is 0.405 e. The van der Waals surface area contributed by atoms with Crippen LogP contribution in [0.1, 0.15) is 114 Å². The quantitative estimate of drug-likeness (QED) is 0.00292.